The highest BCUT2D eigenvalue weighted by atomic mass is 32.1. The van der Waals surface area contributed by atoms with Crippen LogP contribution in [-0.4, -0.2) is 25.0 Å². The maximum atomic E-state index is 12.5. The van der Waals surface area contributed by atoms with Gasteiger partial charge in [-0.1, -0.05) is 17.7 Å². The molecule has 0 spiro atoms. The second-order valence-electron chi connectivity index (χ2n) is 6.18. The molecule has 130 valence electrons. The highest BCUT2D eigenvalue weighted by molar-refractivity contribution is 7.71. The Balaban J connectivity index is 1.83. The highest BCUT2D eigenvalue weighted by Gasteiger charge is 2.13. The summed E-state index contributed by atoms with van der Waals surface area (Å²) in [6.07, 6.45) is 3.77. The van der Waals surface area contributed by atoms with Crippen LogP contribution in [-0.2, 0) is 11.3 Å². The lowest BCUT2D eigenvalue weighted by Gasteiger charge is -2.12. The van der Waals surface area contributed by atoms with E-state index in [0.717, 1.165) is 22.6 Å². The fourth-order valence-electron chi connectivity index (χ4n) is 3.03. The second-order valence-corrected chi connectivity index (χ2v) is 6.55. The van der Waals surface area contributed by atoms with Crippen molar-refractivity contribution in [2.24, 2.45) is 0 Å². The largest absolute Gasteiger partial charge is 0.324 e. The zero-order chi connectivity index (χ0) is 18.1. The summed E-state index contributed by atoms with van der Waals surface area (Å²) in [5.41, 5.74) is 4.12. The summed E-state index contributed by atoms with van der Waals surface area (Å²) in [5, 5.41) is 7.38. The van der Waals surface area contributed by atoms with E-state index in [0.29, 0.717) is 4.77 Å². The normalized spacial score (nSPS) is 10.9. The number of carbonyl (C=O) groups excluding carboxylic acids is 1. The summed E-state index contributed by atoms with van der Waals surface area (Å²) in [6, 6.07) is 7.93. The number of nitrogens with one attached hydrogen (secondary N) is 1. The van der Waals surface area contributed by atoms with Gasteiger partial charge in [0, 0.05) is 18.1 Å². The van der Waals surface area contributed by atoms with Gasteiger partial charge in [-0.3, -0.25) is 9.47 Å². The molecule has 0 saturated heterocycles. The molecule has 3 rings (SSSR count). The van der Waals surface area contributed by atoms with E-state index in [1.807, 2.05) is 56.9 Å². The molecule has 0 aliphatic carbocycles. The lowest BCUT2D eigenvalue weighted by molar-refractivity contribution is -0.116. The molecule has 6 nitrogen and oxygen atoms in total. The summed E-state index contributed by atoms with van der Waals surface area (Å²) >= 11 is 5.48. The molecule has 1 aromatic carbocycles. The smallest absolute Gasteiger partial charge is 0.246 e. The monoisotopic (exact) mass is 355 g/mol. The zero-order valence-corrected chi connectivity index (χ0v) is 15.6. The third-order valence-corrected chi connectivity index (χ3v) is 4.41. The van der Waals surface area contributed by atoms with E-state index in [1.54, 1.807) is 9.36 Å². The van der Waals surface area contributed by atoms with Crippen LogP contribution in [0, 0.1) is 32.5 Å². The first-order valence-corrected chi connectivity index (χ1v) is 8.45. The zero-order valence-electron chi connectivity index (χ0n) is 14.8. The van der Waals surface area contributed by atoms with Gasteiger partial charge in [0.1, 0.15) is 12.4 Å². The molecule has 0 saturated carbocycles. The van der Waals surface area contributed by atoms with Crippen LogP contribution in [0.25, 0.3) is 0 Å². The Hall–Kier alpha value is -2.67. The fraction of sp³-hybridized carbons (Fsp3) is 0.278. The minimum Gasteiger partial charge on any atom is -0.324 e. The summed E-state index contributed by atoms with van der Waals surface area (Å²) in [4.78, 5) is 12.5. The Labute approximate surface area is 151 Å². The average Bonchev–Trinajstić information content (AvgIpc) is 3.12. The van der Waals surface area contributed by atoms with Crippen molar-refractivity contribution < 1.29 is 4.79 Å². The Morgan fingerprint density at radius 2 is 1.72 bits per heavy atom. The molecule has 0 bridgehead atoms. The van der Waals surface area contributed by atoms with Crippen LogP contribution in [0.5, 0.6) is 0 Å². The Kier molecular flexibility index (Phi) is 4.59. The minimum absolute atomic E-state index is 0.0701. The maximum absolute atomic E-state index is 12.5. The van der Waals surface area contributed by atoms with Gasteiger partial charge in [0.15, 0.2) is 0 Å². The minimum atomic E-state index is -0.150. The topological polar surface area (TPSA) is 56.8 Å². The number of benzene rings is 1. The number of carbonyl (C=O) groups is 1. The number of hydrogen-bond acceptors (Lipinski definition) is 3. The highest BCUT2D eigenvalue weighted by Crippen LogP contribution is 2.21. The van der Waals surface area contributed by atoms with Crippen molar-refractivity contribution in [3.05, 3.63) is 63.9 Å². The van der Waals surface area contributed by atoms with Crippen molar-refractivity contribution in [2.45, 2.75) is 34.2 Å². The van der Waals surface area contributed by atoms with Gasteiger partial charge in [0.2, 0.25) is 10.7 Å². The molecule has 7 heteroatoms. The molecule has 1 N–H and O–H groups in total. The van der Waals surface area contributed by atoms with E-state index in [-0.39, 0.29) is 12.5 Å². The summed E-state index contributed by atoms with van der Waals surface area (Å²) < 4.78 is 5.64. The third-order valence-electron chi connectivity index (χ3n) is 4.03. The third kappa shape index (κ3) is 3.41. The standard InChI is InChI=1S/C18H21N5OS/c1-12-9-13(2)17(14(3)10-12)19-16(24)11-22-18(25)23(15(4)20-22)21-7-5-6-8-21/h5-10H,11H2,1-4H3,(H,19,24). The molecular formula is C18H21N5OS. The predicted octanol–water partition coefficient (Wildman–Crippen LogP) is 3.40. The van der Waals surface area contributed by atoms with Gasteiger partial charge in [-0.15, -0.1) is 0 Å². The van der Waals surface area contributed by atoms with Crippen LogP contribution < -0.4 is 5.32 Å². The molecule has 2 heterocycles. The van der Waals surface area contributed by atoms with Gasteiger partial charge in [-0.25, -0.2) is 9.36 Å². The van der Waals surface area contributed by atoms with Crippen LogP contribution in [0.1, 0.15) is 22.5 Å². The van der Waals surface area contributed by atoms with Crippen molar-refractivity contribution in [3.8, 4) is 0 Å². The number of aryl methyl sites for hydroxylation is 4. The SMILES string of the molecule is Cc1cc(C)c(NC(=O)Cn2nc(C)n(-n3cccc3)c2=S)c(C)c1. The van der Waals surface area contributed by atoms with E-state index in [1.165, 1.54) is 5.56 Å². The molecule has 0 unspecified atom stereocenters. The quantitative estimate of drug-likeness (QED) is 0.730. The molecule has 0 atom stereocenters. The van der Waals surface area contributed by atoms with Crippen LogP contribution in [0.3, 0.4) is 0 Å². The number of anilines is 1. The van der Waals surface area contributed by atoms with Crippen LogP contribution in [0.15, 0.2) is 36.7 Å². The lowest BCUT2D eigenvalue weighted by atomic mass is 10.1. The number of rotatable bonds is 4. The van der Waals surface area contributed by atoms with E-state index >= 15 is 0 Å². The Bertz CT molecular complexity index is 959. The van der Waals surface area contributed by atoms with Gasteiger partial charge in [-0.05, 0) is 63.2 Å². The first kappa shape index (κ1) is 17.2. The van der Waals surface area contributed by atoms with Crippen LogP contribution in [0.4, 0.5) is 5.69 Å². The molecule has 25 heavy (non-hydrogen) atoms. The number of aromatic nitrogens is 4. The first-order valence-electron chi connectivity index (χ1n) is 8.04. The molecule has 0 aliphatic rings. The van der Waals surface area contributed by atoms with Gasteiger partial charge < -0.3 is 5.32 Å². The Morgan fingerprint density at radius 1 is 1.12 bits per heavy atom. The van der Waals surface area contributed by atoms with Gasteiger partial charge in [-0.2, -0.15) is 5.10 Å². The number of nitrogens with zero attached hydrogens (tertiary/aromatic N) is 4. The lowest BCUT2D eigenvalue weighted by Crippen LogP contribution is -2.21. The van der Waals surface area contributed by atoms with Crippen LogP contribution >= 0.6 is 12.2 Å². The second kappa shape index (κ2) is 6.68. The molecule has 0 fully saturated rings. The van der Waals surface area contributed by atoms with Gasteiger partial charge in [0.25, 0.3) is 0 Å². The number of amides is 1. The predicted molar refractivity (Wildman–Crippen MR) is 100 cm³/mol. The number of hydrogen-bond donors (Lipinski definition) is 1. The van der Waals surface area contributed by atoms with Gasteiger partial charge in [0.05, 0.1) is 0 Å². The average molecular weight is 355 g/mol. The van der Waals surface area contributed by atoms with E-state index < -0.39 is 0 Å². The van der Waals surface area contributed by atoms with Crippen molar-refractivity contribution in [3.63, 3.8) is 0 Å². The van der Waals surface area contributed by atoms with Gasteiger partial charge >= 0.3 is 0 Å². The van der Waals surface area contributed by atoms with E-state index in [9.17, 15) is 4.79 Å². The Morgan fingerprint density at radius 3 is 2.32 bits per heavy atom. The summed E-state index contributed by atoms with van der Waals surface area (Å²) in [7, 11) is 0. The summed E-state index contributed by atoms with van der Waals surface area (Å²) in [5.74, 6) is 0.569. The first-order chi connectivity index (χ1) is 11.9. The van der Waals surface area contributed by atoms with Crippen molar-refractivity contribution in [1.82, 2.24) is 19.1 Å². The van der Waals surface area contributed by atoms with Crippen LogP contribution in [0.2, 0.25) is 0 Å². The van der Waals surface area contributed by atoms with Crippen molar-refractivity contribution in [1.29, 1.82) is 0 Å². The van der Waals surface area contributed by atoms with E-state index in [4.69, 9.17) is 12.2 Å². The fourth-order valence-corrected chi connectivity index (χ4v) is 3.36. The molecule has 1 amide bonds. The molecule has 3 aromatic rings. The molecule has 0 aliphatic heterocycles. The van der Waals surface area contributed by atoms with Crippen molar-refractivity contribution in [2.75, 3.05) is 5.32 Å². The molecule has 2 aromatic heterocycles. The van der Waals surface area contributed by atoms with Crippen molar-refractivity contribution >= 4 is 23.8 Å². The molecule has 0 radical (unpaired) electrons. The maximum Gasteiger partial charge on any atom is 0.246 e. The van der Waals surface area contributed by atoms with E-state index in [2.05, 4.69) is 22.5 Å². The molecular weight excluding hydrogens is 334 g/mol. The summed E-state index contributed by atoms with van der Waals surface area (Å²) in [6.45, 7) is 7.96.